The van der Waals surface area contributed by atoms with Crippen molar-refractivity contribution in [2.45, 2.75) is 216 Å². The fourth-order valence-corrected chi connectivity index (χ4v) is 11.2. The number of hydrogen-bond acceptors (Lipinski definition) is 4. The van der Waals surface area contributed by atoms with Crippen LogP contribution in [0.25, 0.3) is 0 Å². The summed E-state index contributed by atoms with van der Waals surface area (Å²) in [7, 11) is 0. The predicted octanol–water partition coefficient (Wildman–Crippen LogP) is 9.29. The molecule has 41 heavy (non-hydrogen) atoms. The zero-order valence-corrected chi connectivity index (χ0v) is 26.4. The molecule has 234 valence electrons. The molecule has 6 rings (SSSR count). The van der Waals surface area contributed by atoms with Gasteiger partial charge in [0.2, 0.25) is 6.04 Å². The van der Waals surface area contributed by atoms with Gasteiger partial charge in [0.05, 0.1) is 0 Å². The van der Waals surface area contributed by atoms with E-state index in [0.717, 1.165) is 67.7 Å². The molecular weight excluding hydrogens is 506 g/mol. The van der Waals surface area contributed by atoms with Crippen LogP contribution >= 0.6 is 0 Å². The highest BCUT2D eigenvalue weighted by Crippen LogP contribution is 2.44. The fraction of sp³-hybridized carbons (Fsp3) is 1.00. The lowest BCUT2D eigenvalue weighted by Gasteiger charge is -2.50. The van der Waals surface area contributed by atoms with Crippen LogP contribution in [0.15, 0.2) is 0 Å². The Hall–Kier alpha value is -0.680. The summed E-state index contributed by atoms with van der Waals surface area (Å²) in [6.45, 7) is 0. The van der Waals surface area contributed by atoms with E-state index in [1.165, 1.54) is 148 Å². The van der Waals surface area contributed by atoms with Crippen LogP contribution in [-0.2, 0) is 0 Å². The first-order chi connectivity index (χ1) is 20.2. The maximum absolute atomic E-state index is 11.4. The Labute approximate surface area is 252 Å². The van der Waals surface area contributed by atoms with E-state index < -0.39 is 0 Å². The van der Waals surface area contributed by atoms with E-state index in [9.17, 15) is 10.1 Å². The van der Waals surface area contributed by atoms with Crippen molar-refractivity contribution in [3.05, 3.63) is 10.1 Å². The summed E-state index contributed by atoms with van der Waals surface area (Å²) >= 11 is 0. The summed E-state index contributed by atoms with van der Waals surface area (Å²) in [5.74, 6) is 1.94. The summed E-state index contributed by atoms with van der Waals surface area (Å²) in [6, 6.07) is 4.50. The molecule has 5 heteroatoms. The minimum atomic E-state index is -0.280. The molecule has 0 aliphatic heterocycles. The Morgan fingerprint density at radius 1 is 0.366 bits per heavy atom. The lowest BCUT2D eigenvalue weighted by molar-refractivity contribution is -0.527. The standard InChI is InChI=1S/C36H63N3O2/c40-39(41)36-26-24-35(25-27-36)38(32-14-8-3-9-15-32)34-22-18-29(19-23-34)28-16-20-33(21-17-28)37(30-10-4-1-5-11-30)31-12-6-2-7-13-31/h28-36H,1-27H2. The van der Waals surface area contributed by atoms with E-state index in [4.69, 9.17) is 0 Å². The van der Waals surface area contributed by atoms with Crippen LogP contribution in [0.1, 0.15) is 173 Å². The molecule has 0 spiro atoms. The molecule has 0 saturated heterocycles. The van der Waals surface area contributed by atoms with Crippen molar-refractivity contribution in [3.63, 3.8) is 0 Å². The third-order valence-electron chi connectivity index (χ3n) is 13.4. The Bertz CT molecular complexity index is 761. The first kappa shape index (κ1) is 30.4. The molecule has 0 aromatic rings. The minimum absolute atomic E-state index is 0.00461. The molecule has 0 atom stereocenters. The molecule has 6 aliphatic rings. The van der Waals surface area contributed by atoms with Crippen LogP contribution in [0.2, 0.25) is 0 Å². The lowest BCUT2D eigenvalue weighted by atomic mass is 9.70. The van der Waals surface area contributed by atoms with E-state index in [1.807, 2.05) is 0 Å². The molecule has 0 unspecified atom stereocenters. The van der Waals surface area contributed by atoms with Crippen LogP contribution in [0.5, 0.6) is 0 Å². The van der Waals surface area contributed by atoms with Gasteiger partial charge in [0.1, 0.15) is 0 Å². The lowest BCUT2D eigenvalue weighted by Crippen LogP contribution is -2.53. The molecule has 6 fully saturated rings. The van der Waals surface area contributed by atoms with Gasteiger partial charge in [-0.1, -0.05) is 57.8 Å². The Kier molecular flexibility index (Phi) is 11.0. The van der Waals surface area contributed by atoms with E-state index >= 15 is 0 Å². The van der Waals surface area contributed by atoms with E-state index in [1.54, 1.807) is 0 Å². The number of hydrogen-bond donors (Lipinski definition) is 0. The van der Waals surface area contributed by atoms with Crippen molar-refractivity contribution >= 4 is 0 Å². The first-order valence-electron chi connectivity index (χ1n) is 18.9. The van der Waals surface area contributed by atoms with Gasteiger partial charge in [0.25, 0.3) is 0 Å². The molecule has 6 saturated carbocycles. The molecule has 6 aliphatic carbocycles. The van der Waals surface area contributed by atoms with Crippen molar-refractivity contribution in [3.8, 4) is 0 Å². The summed E-state index contributed by atoms with van der Waals surface area (Å²) in [4.78, 5) is 17.6. The van der Waals surface area contributed by atoms with Gasteiger partial charge in [-0.05, 0) is 115 Å². The molecular formula is C36H63N3O2. The van der Waals surface area contributed by atoms with Gasteiger partial charge in [0, 0.05) is 54.0 Å². The van der Waals surface area contributed by atoms with Gasteiger partial charge in [-0.15, -0.1) is 0 Å². The maximum atomic E-state index is 11.4. The summed E-state index contributed by atoms with van der Waals surface area (Å²) in [6.07, 6.45) is 37.0. The van der Waals surface area contributed by atoms with Crippen LogP contribution in [0, 0.1) is 22.0 Å². The highest BCUT2D eigenvalue weighted by molar-refractivity contribution is 4.95. The van der Waals surface area contributed by atoms with E-state index in [0.29, 0.717) is 6.04 Å². The zero-order chi connectivity index (χ0) is 28.0. The smallest absolute Gasteiger partial charge is 0.213 e. The number of rotatable bonds is 8. The first-order valence-corrected chi connectivity index (χ1v) is 18.9. The van der Waals surface area contributed by atoms with Crippen molar-refractivity contribution in [1.82, 2.24) is 9.80 Å². The van der Waals surface area contributed by atoms with Crippen LogP contribution in [0.3, 0.4) is 0 Å². The topological polar surface area (TPSA) is 49.6 Å². The second kappa shape index (κ2) is 14.9. The largest absolute Gasteiger partial charge is 0.294 e. The molecule has 0 N–H and O–H groups in total. The average Bonchev–Trinajstić information content (AvgIpc) is 3.04. The van der Waals surface area contributed by atoms with Crippen LogP contribution in [0.4, 0.5) is 0 Å². The molecule has 0 aromatic heterocycles. The highest BCUT2D eigenvalue weighted by atomic mass is 16.6. The van der Waals surface area contributed by atoms with Gasteiger partial charge < -0.3 is 0 Å². The van der Waals surface area contributed by atoms with E-state index in [2.05, 4.69) is 9.80 Å². The van der Waals surface area contributed by atoms with Crippen molar-refractivity contribution < 1.29 is 4.92 Å². The second-order valence-electron chi connectivity index (χ2n) is 15.7. The highest BCUT2D eigenvalue weighted by Gasteiger charge is 2.41. The monoisotopic (exact) mass is 569 g/mol. The molecule has 0 bridgehead atoms. The SMILES string of the molecule is O=[N+]([O-])C1CCC(N(C2CCCCC2)C2CCC(C3CCC(N(C4CCCCC4)C4CCCCC4)CC3)CC2)CC1. The quantitative estimate of drug-likeness (QED) is 0.216. The molecule has 0 amide bonds. The summed E-state index contributed by atoms with van der Waals surface area (Å²) in [5, 5.41) is 11.4. The van der Waals surface area contributed by atoms with Gasteiger partial charge in [-0.2, -0.15) is 0 Å². The molecule has 5 nitrogen and oxygen atoms in total. The van der Waals surface area contributed by atoms with Crippen molar-refractivity contribution in [2.75, 3.05) is 0 Å². The van der Waals surface area contributed by atoms with Gasteiger partial charge >= 0.3 is 0 Å². The molecule has 0 radical (unpaired) electrons. The summed E-state index contributed by atoms with van der Waals surface area (Å²) in [5.41, 5.74) is 0. The van der Waals surface area contributed by atoms with Gasteiger partial charge in [-0.25, -0.2) is 0 Å². The van der Waals surface area contributed by atoms with E-state index in [-0.39, 0.29) is 11.0 Å². The average molecular weight is 570 g/mol. The zero-order valence-electron chi connectivity index (χ0n) is 26.4. The second-order valence-corrected chi connectivity index (χ2v) is 15.7. The van der Waals surface area contributed by atoms with Crippen LogP contribution in [-0.4, -0.2) is 57.0 Å². The van der Waals surface area contributed by atoms with Crippen molar-refractivity contribution in [1.29, 1.82) is 0 Å². The Balaban J connectivity index is 1.03. The molecule has 0 aromatic carbocycles. The van der Waals surface area contributed by atoms with Crippen LogP contribution < -0.4 is 0 Å². The van der Waals surface area contributed by atoms with Crippen molar-refractivity contribution in [2.24, 2.45) is 11.8 Å². The van der Waals surface area contributed by atoms with Gasteiger partial charge in [-0.3, -0.25) is 19.9 Å². The fourth-order valence-electron chi connectivity index (χ4n) is 11.2. The normalized spacial score (nSPS) is 37.4. The number of nitrogens with zero attached hydrogens (tertiary/aromatic N) is 3. The van der Waals surface area contributed by atoms with Gasteiger partial charge in [0.15, 0.2) is 0 Å². The molecule has 0 heterocycles. The predicted molar refractivity (Wildman–Crippen MR) is 169 cm³/mol. The third kappa shape index (κ3) is 7.52. The minimum Gasteiger partial charge on any atom is -0.294 e. The number of nitro groups is 1. The maximum Gasteiger partial charge on any atom is 0.213 e. The Morgan fingerprint density at radius 2 is 0.634 bits per heavy atom. The Morgan fingerprint density at radius 3 is 0.927 bits per heavy atom. The summed E-state index contributed by atoms with van der Waals surface area (Å²) < 4.78 is 0. The third-order valence-corrected chi connectivity index (χ3v) is 13.4.